The van der Waals surface area contributed by atoms with Crippen molar-refractivity contribution in [3.05, 3.63) is 21.9 Å². The van der Waals surface area contributed by atoms with Crippen molar-refractivity contribution in [3.8, 4) is 0 Å². The highest BCUT2D eigenvalue weighted by Gasteiger charge is 2.31. The number of carbonyl (C=O) groups is 1. The summed E-state index contributed by atoms with van der Waals surface area (Å²) in [7, 11) is 0. The quantitative estimate of drug-likeness (QED) is 0.913. The third-order valence-corrected chi connectivity index (χ3v) is 5.06. The summed E-state index contributed by atoms with van der Waals surface area (Å²) in [5.74, 6) is 0.681. The van der Waals surface area contributed by atoms with E-state index in [9.17, 15) is 4.79 Å². The van der Waals surface area contributed by atoms with Gasteiger partial charge in [0.1, 0.15) is 0 Å². The molecule has 1 aliphatic heterocycles. The molecule has 2 atom stereocenters. The van der Waals surface area contributed by atoms with Crippen LogP contribution in [0.2, 0.25) is 0 Å². The van der Waals surface area contributed by atoms with E-state index < -0.39 is 0 Å². The lowest BCUT2D eigenvalue weighted by atomic mass is 9.90. The SMILES string of the molecule is CCc1ccc(C(=O)N2CCC[C@H](C)[C@@H]2CN)s1. The number of amides is 1. The lowest BCUT2D eigenvalue weighted by molar-refractivity contribution is 0.0537. The molecule has 100 valence electrons. The smallest absolute Gasteiger partial charge is 0.264 e. The molecule has 0 saturated carbocycles. The van der Waals surface area contributed by atoms with Crippen LogP contribution in [0.1, 0.15) is 41.2 Å². The molecular weight excluding hydrogens is 244 g/mol. The first-order chi connectivity index (χ1) is 8.67. The van der Waals surface area contributed by atoms with Crippen molar-refractivity contribution in [1.82, 2.24) is 4.90 Å². The molecule has 0 radical (unpaired) electrons. The van der Waals surface area contributed by atoms with Crippen LogP contribution in [0.25, 0.3) is 0 Å². The maximum Gasteiger partial charge on any atom is 0.264 e. The van der Waals surface area contributed by atoms with E-state index >= 15 is 0 Å². The summed E-state index contributed by atoms with van der Waals surface area (Å²) < 4.78 is 0. The number of likely N-dealkylation sites (tertiary alicyclic amines) is 1. The summed E-state index contributed by atoms with van der Waals surface area (Å²) in [5.41, 5.74) is 5.84. The fourth-order valence-corrected chi connectivity index (χ4v) is 3.59. The Labute approximate surface area is 113 Å². The van der Waals surface area contributed by atoms with Crippen molar-refractivity contribution in [2.45, 2.75) is 39.2 Å². The van der Waals surface area contributed by atoms with Gasteiger partial charge in [0, 0.05) is 24.0 Å². The van der Waals surface area contributed by atoms with E-state index in [0.717, 1.165) is 24.3 Å². The Morgan fingerprint density at radius 3 is 2.94 bits per heavy atom. The second-order valence-corrected chi connectivity index (χ2v) is 6.21. The second-order valence-electron chi connectivity index (χ2n) is 5.04. The minimum absolute atomic E-state index is 0.168. The largest absolute Gasteiger partial charge is 0.333 e. The molecule has 2 heterocycles. The number of piperidine rings is 1. The van der Waals surface area contributed by atoms with Crippen molar-refractivity contribution in [3.63, 3.8) is 0 Å². The van der Waals surface area contributed by atoms with Gasteiger partial charge in [0.15, 0.2) is 0 Å². The van der Waals surface area contributed by atoms with Gasteiger partial charge < -0.3 is 10.6 Å². The van der Waals surface area contributed by atoms with Gasteiger partial charge in [-0.3, -0.25) is 4.79 Å². The molecule has 1 fully saturated rings. The Balaban J connectivity index is 2.16. The molecule has 1 aromatic rings. The van der Waals surface area contributed by atoms with Crippen molar-refractivity contribution in [2.24, 2.45) is 11.7 Å². The highest BCUT2D eigenvalue weighted by molar-refractivity contribution is 7.14. The summed E-state index contributed by atoms with van der Waals surface area (Å²) >= 11 is 1.62. The molecule has 2 N–H and O–H groups in total. The molecule has 0 unspecified atom stereocenters. The predicted molar refractivity (Wildman–Crippen MR) is 76.0 cm³/mol. The number of nitrogens with zero attached hydrogens (tertiary/aromatic N) is 1. The molecule has 0 aliphatic carbocycles. The Hall–Kier alpha value is -0.870. The molecule has 4 heteroatoms. The van der Waals surface area contributed by atoms with Gasteiger partial charge in [0.05, 0.1) is 4.88 Å². The zero-order valence-corrected chi connectivity index (χ0v) is 12.0. The number of nitrogens with two attached hydrogens (primary N) is 1. The number of rotatable bonds is 3. The van der Waals surface area contributed by atoms with Crippen LogP contribution in [0.3, 0.4) is 0 Å². The minimum Gasteiger partial charge on any atom is -0.333 e. The molecule has 0 aromatic carbocycles. The number of thiophene rings is 1. The summed E-state index contributed by atoms with van der Waals surface area (Å²) in [4.78, 5) is 16.6. The molecule has 3 nitrogen and oxygen atoms in total. The fourth-order valence-electron chi connectivity index (χ4n) is 2.69. The number of hydrogen-bond acceptors (Lipinski definition) is 3. The van der Waals surface area contributed by atoms with Crippen molar-refractivity contribution < 1.29 is 4.79 Å². The van der Waals surface area contributed by atoms with Crippen molar-refractivity contribution in [2.75, 3.05) is 13.1 Å². The van der Waals surface area contributed by atoms with E-state index in [-0.39, 0.29) is 11.9 Å². The van der Waals surface area contributed by atoms with Gasteiger partial charge in [-0.25, -0.2) is 0 Å². The first kappa shape index (κ1) is 13.6. The van der Waals surface area contributed by atoms with Gasteiger partial charge in [-0.1, -0.05) is 13.8 Å². The van der Waals surface area contributed by atoms with E-state index in [1.807, 2.05) is 11.0 Å². The Kier molecular flexibility index (Phi) is 4.40. The fraction of sp³-hybridized carbons (Fsp3) is 0.643. The third-order valence-electron chi connectivity index (χ3n) is 3.84. The van der Waals surface area contributed by atoms with Crippen LogP contribution in [0, 0.1) is 5.92 Å². The molecule has 1 aliphatic rings. The van der Waals surface area contributed by atoms with Gasteiger partial charge in [-0.15, -0.1) is 11.3 Å². The summed E-state index contributed by atoms with van der Waals surface area (Å²) in [6, 6.07) is 4.22. The van der Waals surface area contributed by atoms with E-state index in [1.165, 1.54) is 11.3 Å². The average molecular weight is 266 g/mol. The van der Waals surface area contributed by atoms with Crippen LogP contribution in [-0.2, 0) is 6.42 Å². The molecule has 0 spiro atoms. The summed E-state index contributed by atoms with van der Waals surface area (Å²) in [6.45, 7) is 5.73. The molecule has 18 heavy (non-hydrogen) atoms. The molecular formula is C14H22N2OS. The zero-order chi connectivity index (χ0) is 13.1. The van der Waals surface area contributed by atoms with E-state index in [0.29, 0.717) is 12.5 Å². The maximum absolute atomic E-state index is 12.5. The van der Waals surface area contributed by atoms with E-state index in [2.05, 4.69) is 19.9 Å². The minimum atomic E-state index is 0.168. The molecule has 2 rings (SSSR count). The van der Waals surface area contributed by atoms with E-state index in [4.69, 9.17) is 5.73 Å². The molecule has 1 aromatic heterocycles. The first-order valence-electron chi connectivity index (χ1n) is 6.77. The van der Waals surface area contributed by atoms with Crippen LogP contribution in [0.4, 0.5) is 0 Å². The standard InChI is InChI=1S/C14H22N2OS/c1-3-11-6-7-13(18-11)14(17)16-8-4-5-10(2)12(16)9-15/h6-7,10,12H,3-5,8-9,15H2,1-2H3/t10-,12-/m0/s1. The summed E-state index contributed by atoms with van der Waals surface area (Å²) in [5, 5.41) is 0. The van der Waals surface area contributed by atoms with Gasteiger partial charge in [0.25, 0.3) is 5.91 Å². The topological polar surface area (TPSA) is 46.3 Å². The monoisotopic (exact) mass is 266 g/mol. The van der Waals surface area contributed by atoms with Gasteiger partial charge in [0.2, 0.25) is 0 Å². The van der Waals surface area contributed by atoms with Gasteiger partial charge in [-0.05, 0) is 37.3 Å². The second kappa shape index (κ2) is 5.85. The predicted octanol–water partition coefficient (Wildman–Crippen LogP) is 2.51. The van der Waals surface area contributed by atoms with Crippen LogP contribution < -0.4 is 5.73 Å². The Morgan fingerprint density at radius 1 is 1.56 bits per heavy atom. The van der Waals surface area contributed by atoms with Crippen molar-refractivity contribution in [1.29, 1.82) is 0 Å². The van der Waals surface area contributed by atoms with E-state index in [1.54, 1.807) is 11.3 Å². The summed E-state index contributed by atoms with van der Waals surface area (Å²) in [6.07, 6.45) is 3.26. The maximum atomic E-state index is 12.5. The van der Waals surface area contributed by atoms with Gasteiger partial charge >= 0.3 is 0 Å². The lowest BCUT2D eigenvalue weighted by Gasteiger charge is -2.39. The number of aryl methyl sites for hydroxylation is 1. The normalized spacial score (nSPS) is 24.3. The highest BCUT2D eigenvalue weighted by atomic mass is 32.1. The number of carbonyl (C=O) groups excluding carboxylic acids is 1. The molecule has 0 bridgehead atoms. The van der Waals surface area contributed by atoms with Crippen LogP contribution >= 0.6 is 11.3 Å². The number of hydrogen-bond donors (Lipinski definition) is 1. The van der Waals surface area contributed by atoms with Crippen molar-refractivity contribution >= 4 is 17.2 Å². The first-order valence-corrected chi connectivity index (χ1v) is 7.58. The van der Waals surface area contributed by atoms with Crippen LogP contribution in [0.5, 0.6) is 0 Å². The molecule has 1 saturated heterocycles. The third kappa shape index (κ3) is 2.59. The highest BCUT2D eigenvalue weighted by Crippen LogP contribution is 2.26. The Morgan fingerprint density at radius 2 is 2.33 bits per heavy atom. The van der Waals surface area contributed by atoms with Crippen LogP contribution in [-0.4, -0.2) is 29.9 Å². The Bertz CT molecular complexity index is 416. The zero-order valence-electron chi connectivity index (χ0n) is 11.2. The van der Waals surface area contributed by atoms with Crippen LogP contribution in [0.15, 0.2) is 12.1 Å². The van der Waals surface area contributed by atoms with Gasteiger partial charge in [-0.2, -0.15) is 0 Å². The molecule has 1 amide bonds. The lowest BCUT2D eigenvalue weighted by Crippen LogP contribution is -2.51. The average Bonchev–Trinajstić information content (AvgIpc) is 2.86.